The average Bonchev–Trinajstić information content (AvgIpc) is 3.37. The van der Waals surface area contributed by atoms with Gasteiger partial charge < -0.3 is 5.32 Å². The monoisotopic (exact) mass is 351 g/mol. The van der Waals surface area contributed by atoms with Crippen LogP contribution in [0.5, 0.6) is 0 Å². The molecule has 120 valence electrons. The summed E-state index contributed by atoms with van der Waals surface area (Å²) in [6, 6.07) is 18.7. The van der Waals surface area contributed by atoms with Gasteiger partial charge >= 0.3 is 0 Å². The first kappa shape index (κ1) is 15.3. The van der Waals surface area contributed by atoms with E-state index in [4.69, 9.17) is 5.10 Å². The fourth-order valence-electron chi connectivity index (χ4n) is 2.61. The third kappa shape index (κ3) is 3.33. The molecule has 0 unspecified atom stereocenters. The molecule has 0 aliphatic carbocycles. The van der Waals surface area contributed by atoms with Gasteiger partial charge in [0.05, 0.1) is 10.6 Å². The zero-order valence-electron chi connectivity index (χ0n) is 13.1. The van der Waals surface area contributed by atoms with E-state index in [0.29, 0.717) is 0 Å². The Bertz CT molecular complexity index is 878. The minimum absolute atomic E-state index is 0.804. The van der Waals surface area contributed by atoms with E-state index in [-0.39, 0.29) is 0 Å². The molecule has 3 heterocycles. The van der Waals surface area contributed by atoms with Crippen LogP contribution in [0.2, 0.25) is 0 Å². The molecule has 1 N–H and O–H groups in total. The van der Waals surface area contributed by atoms with Gasteiger partial charge in [0.1, 0.15) is 5.69 Å². The molecule has 0 saturated carbocycles. The Balaban J connectivity index is 1.60. The molecule has 24 heavy (non-hydrogen) atoms. The average molecular weight is 352 g/mol. The lowest BCUT2D eigenvalue weighted by molar-refractivity contribution is 0.701. The van der Waals surface area contributed by atoms with Crippen LogP contribution >= 0.6 is 22.7 Å². The van der Waals surface area contributed by atoms with E-state index in [1.807, 2.05) is 22.9 Å². The maximum Gasteiger partial charge on any atom is 0.107 e. The standard InChI is InChI=1S/C19H17N3S2/c1-2-6-16(7-3-1)22-14-15(12-20-13-17-8-4-10-23-17)19(21-22)18-9-5-11-24-18/h1-11,14,20H,12-13H2. The number of para-hydroxylation sites is 1. The van der Waals surface area contributed by atoms with Crippen LogP contribution in [0, 0.1) is 0 Å². The van der Waals surface area contributed by atoms with Crippen molar-refractivity contribution in [1.29, 1.82) is 0 Å². The molecule has 0 atom stereocenters. The Labute approximate surface area is 149 Å². The molecular formula is C19H17N3S2. The lowest BCUT2D eigenvalue weighted by atomic mass is 10.2. The highest BCUT2D eigenvalue weighted by Gasteiger charge is 2.13. The predicted octanol–water partition coefficient (Wildman–Crippen LogP) is 4.95. The van der Waals surface area contributed by atoms with E-state index in [9.17, 15) is 0 Å². The fourth-order valence-corrected chi connectivity index (χ4v) is 4.03. The Morgan fingerprint density at radius 2 is 1.71 bits per heavy atom. The molecular weight excluding hydrogens is 334 g/mol. The van der Waals surface area contributed by atoms with Gasteiger partial charge in [-0.25, -0.2) is 4.68 Å². The summed E-state index contributed by atoms with van der Waals surface area (Å²) < 4.78 is 1.97. The third-order valence-electron chi connectivity index (χ3n) is 3.76. The minimum Gasteiger partial charge on any atom is -0.308 e. The largest absolute Gasteiger partial charge is 0.308 e. The maximum absolute atomic E-state index is 4.83. The number of nitrogens with one attached hydrogen (secondary N) is 1. The Morgan fingerprint density at radius 1 is 0.875 bits per heavy atom. The second-order valence-electron chi connectivity index (χ2n) is 5.44. The van der Waals surface area contributed by atoms with Crippen molar-refractivity contribution in [3.63, 3.8) is 0 Å². The van der Waals surface area contributed by atoms with Crippen molar-refractivity contribution in [2.24, 2.45) is 0 Å². The Kier molecular flexibility index (Phi) is 4.55. The summed E-state index contributed by atoms with van der Waals surface area (Å²) in [5.41, 5.74) is 3.37. The molecule has 4 aromatic rings. The van der Waals surface area contributed by atoms with Crippen molar-refractivity contribution < 1.29 is 0 Å². The van der Waals surface area contributed by atoms with E-state index < -0.39 is 0 Å². The number of hydrogen-bond donors (Lipinski definition) is 1. The summed E-state index contributed by atoms with van der Waals surface area (Å²) >= 11 is 3.51. The molecule has 0 bridgehead atoms. The fraction of sp³-hybridized carbons (Fsp3) is 0.105. The first-order chi connectivity index (χ1) is 11.9. The van der Waals surface area contributed by atoms with Crippen LogP contribution in [-0.2, 0) is 13.1 Å². The van der Waals surface area contributed by atoms with Crippen molar-refractivity contribution in [3.05, 3.63) is 82.0 Å². The van der Waals surface area contributed by atoms with E-state index in [2.05, 4.69) is 58.7 Å². The lowest BCUT2D eigenvalue weighted by Gasteiger charge is -2.02. The first-order valence-corrected chi connectivity index (χ1v) is 9.57. The van der Waals surface area contributed by atoms with Gasteiger partial charge in [-0.2, -0.15) is 5.10 Å². The van der Waals surface area contributed by atoms with Crippen molar-refractivity contribution >= 4 is 22.7 Å². The smallest absolute Gasteiger partial charge is 0.107 e. The van der Waals surface area contributed by atoms with Gasteiger partial charge in [-0.3, -0.25) is 0 Å². The highest BCUT2D eigenvalue weighted by atomic mass is 32.1. The van der Waals surface area contributed by atoms with Crippen molar-refractivity contribution in [2.45, 2.75) is 13.1 Å². The van der Waals surface area contributed by atoms with Gasteiger partial charge in [-0.15, -0.1) is 22.7 Å². The van der Waals surface area contributed by atoms with Gasteiger partial charge in [0, 0.05) is 29.7 Å². The summed E-state index contributed by atoms with van der Waals surface area (Å²) in [6.07, 6.45) is 2.13. The number of hydrogen-bond acceptors (Lipinski definition) is 4. The van der Waals surface area contributed by atoms with Gasteiger partial charge in [0.2, 0.25) is 0 Å². The summed E-state index contributed by atoms with van der Waals surface area (Å²) in [5.74, 6) is 0. The highest BCUT2D eigenvalue weighted by Crippen LogP contribution is 2.27. The Morgan fingerprint density at radius 3 is 2.46 bits per heavy atom. The van der Waals surface area contributed by atoms with Gasteiger partial charge in [0.15, 0.2) is 0 Å². The quantitative estimate of drug-likeness (QED) is 0.532. The molecule has 0 amide bonds. The highest BCUT2D eigenvalue weighted by molar-refractivity contribution is 7.13. The molecule has 0 radical (unpaired) electrons. The summed E-state index contributed by atoms with van der Waals surface area (Å²) in [5, 5.41) is 12.6. The maximum atomic E-state index is 4.83. The molecule has 1 aromatic carbocycles. The van der Waals surface area contributed by atoms with E-state index in [1.165, 1.54) is 15.3 Å². The SMILES string of the molecule is c1ccc(-n2cc(CNCc3cccs3)c(-c3cccs3)n2)cc1. The van der Waals surface area contributed by atoms with Crippen LogP contribution < -0.4 is 5.32 Å². The van der Waals surface area contributed by atoms with Crippen molar-refractivity contribution in [3.8, 4) is 16.3 Å². The third-order valence-corrected chi connectivity index (χ3v) is 5.51. The predicted molar refractivity (Wildman–Crippen MR) is 102 cm³/mol. The van der Waals surface area contributed by atoms with Crippen LogP contribution in [0.4, 0.5) is 0 Å². The molecule has 0 spiro atoms. The van der Waals surface area contributed by atoms with Gasteiger partial charge in [-0.1, -0.05) is 30.3 Å². The molecule has 0 aliphatic heterocycles. The van der Waals surface area contributed by atoms with Crippen LogP contribution in [0.25, 0.3) is 16.3 Å². The number of nitrogens with zero attached hydrogens (tertiary/aromatic N) is 2. The number of rotatable bonds is 6. The molecule has 4 rings (SSSR count). The molecule has 5 heteroatoms. The topological polar surface area (TPSA) is 29.9 Å². The van der Waals surface area contributed by atoms with Crippen LogP contribution in [0.3, 0.4) is 0 Å². The molecule has 3 nitrogen and oxygen atoms in total. The second kappa shape index (κ2) is 7.13. The molecule has 0 aliphatic rings. The Hall–Kier alpha value is -2.21. The summed E-state index contributed by atoms with van der Waals surface area (Å²) in [4.78, 5) is 2.56. The lowest BCUT2D eigenvalue weighted by Crippen LogP contribution is -2.11. The van der Waals surface area contributed by atoms with E-state index >= 15 is 0 Å². The zero-order valence-corrected chi connectivity index (χ0v) is 14.7. The van der Waals surface area contributed by atoms with Gasteiger partial charge in [0.25, 0.3) is 0 Å². The van der Waals surface area contributed by atoms with Gasteiger partial charge in [-0.05, 0) is 35.0 Å². The first-order valence-electron chi connectivity index (χ1n) is 7.81. The van der Waals surface area contributed by atoms with Crippen molar-refractivity contribution in [1.82, 2.24) is 15.1 Å². The summed E-state index contributed by atoms with van der Waals surface area (Å²) in [6.45, 7) is 1.69. The molecule has 0 saturated heterocycles. The minimum atomic E-state index is 0.804. The molecule has 0 fully saturated rings. The van der Waals surface area contributed by atoms with E-state index in [1.54, 1.807) is 22.7 Å². The van der Waals surface area contributed by atoms with Crippen LogP contribution in [0.1, 0.15) is 10.4 Å². The second-order valence-corrected chi connectivity index (χ2v) is 7.42. The number of thiophene rings is 2. The van der Waals surface area contributed by atoms with Crippen LogP contribution in [-0.4, -0.2) is 9.78 Å². The summed E-state index contributed by atoms with van der Waals surface area (Å²) in [7, 11) is 0. The molecule has 3 aromatic heterocycles. The number of aromatic nitrogens is 2. The normalized spacial score (nSPS) is 11.0. The van der Waals surface area contributed by atoms with Crippen LogP contribution in [0.15, 0.2) is 71.6 Å². The zero-order chi connectivity index (χ0) is 16.2. The van der Waals surface area contributed by atoms with E-state index in [0.717, 1.165) is 24.5 Å². The number of benzene rings is 1. The van der Waals surface area contributed by atoms with Crippen molar-refractivity contribution in [2.75, 3.05) is 0 Å².